The molecule has 0 saturated heterocycles. The molecule has 0 radical (unpaired) electrons. The highest BCUT2D eigenvalue weighted by Gasteiger charge is 2.12. The highest BCUT2D eigenvalue weighted by atomic mass is 16.2. The van der Waals surface area contributed by atoms with Crippen LogP contribution >= 0.6 is 0 Å². The van der Waals surface area contributed by atoms with E-state index in [1.54, 1.807) is 12.1 Å². The molecule has 2 N–H and O–H groups in total. The molecule has 0 aliphatic carbocycles. The number of likely N-dealkylation sites (N-methyl/N-ethyl adjacent to an activating group) is 1. The molecule has 1 aromatic rings. The fourth-order valence-corrected chi connectivity index (χ4v) is 1.80. The van der Waals surface area contributed by atoms with Crippen LogP contribution in [0.1, 0.15) is 31.3 Å². The third kappa shape index (κ3) is 4.33. The molecule has 0 fully saturated rings. The standard InChI is InChI=1S/C13H21N3O2/c1-4-16(5-2)9-10(3)14-13(18)11-7-6-8-12(17)15-11/h6-8,10H,4-5,9H2,1-3H3,(H,14,18)(H,15,17). The zero-order chi connectivity index (χ0) is 13.5. The number of H-pyrrole nitrogens is 1. The summed E-state index contributed by atoms with van der Waals surface area (Å²) in [7, 11) is 0. The maximum Gasteiger partial charge on any atom is 0.268 e. The summed E-state index contributed by atoms with van der Waals surface area (Å²) in [5.41, 5.74) is 0.0351. The Morgan fingerprint density at radius 3 is 2.61 bits per heavy atom. The van der Waals surface area contributed by atoms with Crippen molar-refractivity contribution >= 4 is 5.91 Å². The molecule has 0 spiro atoms. The van der Waals surface area contributed by atoms with Crippen molar-refractivity contribution in [2.45, 2.75) is 26.8 Å². The van der Waals surface area contributed by atoms with Crippen LogP contribution < -0.4 is 10.9 Å². The molecule has 0 aliphatic heterocycles. The van der Waals surface area contributed by atoms with Gasteiger partial charge < -0.3 is 15.2 Å². The largest absolute Gasteiger partial charge is 0.347 e. The Hall–Kier alpha value is -1.62. The Morgan fingerprint density at radius 2 is 2.06 bits per heavy atom. The van der Waals surface area contributed by atoms with E-state index in [1.807, 2.05) is 6.92 Å². The van der Waals surface area contributed by atoms with Crippen molar-refractivity contribution in [1.82, 2.24) is 15.2 Å². The lowest BCUT2D eigenvalue weighted by Gasteiger charge is -2.23. The van der Waals surface area contributed by atoms with Crippen LogP contribution in [0.25, 0.3) is 0 Å². The van der Waals surface area contributed by atoms with Crippen molar-refractivity contribution in [3.05, 3.63) is 34.2 Å². The molecule has 0 saturated carbocycles. The molecule has 0 aromatic carbocycles. The van der Waals surface area contributed by atoms with Crippen molar-refractivity contribution in [3.63, 3.8) is 0 Å². The first-order chi connectivity index (χ1) is 8.56. The van der Waals surface area contributed by atoms with E-state index in [-0.39, 0.29) is 17.5 Å². The summed E-state index contributed by atoms with van der Waals surface area (Å²) in [5.74, 6) is -0.243. The molecular formula is C13H21N3O2. The molecule has 1 atom stereocenters. The fourth-order valence-electron chi connectivity index (χ4n) is 1.80. The van der Waals surface area contributed by atoms with Crippen molar-refractivity contribution in [1.29, 1.82) is 0 Å². The number of carbonyl (C=O) groups excluding carboxylic acids is 1. The highest BCUT2D eigenvalue weighted by molar-refractivity contribution is 5.92. The van der Waals surface area contributed by atoms with E-state index in [0.29, 0.717) is 5.69 Å². The van der Waals surface area contributed by atoms with Gasteiger partial charge in [-0.05, 0) is 26.1 Å². The summed E-state index contributed by atoms with van der Waals surface area (Å²) in [6.45, 7) is 8.85. The average Bonchev–Trinajstić information content (AvgIpc) is 2.35. The number of carbonyl (C=O) groups is 1. The lowest BCUT2D eigenvalue weighted by molar-refractivity contribution is 0.0925. The Morgan fingerprint density at radius 1 is 1.39 bits per heavy atom. The number of amides is 1. The SMILES string of the molecule is CCN(CC)CC(C)NC(=O)c1cccc(=O)[nH]1. The smallest absolute Gasteiger partial charge is 0.268 e. The number of rotatable bonds is 6. The third-order valence-corrected chi connectivity index (χ3v) is 2.82. The topological polar surface area (TPSA) is 65.2 Å². The Kier molecular flexibility index (Phi) is 5.58. The van der Waals surface area contributed by atoms with Crippen LogP contribution in [0.5, 0.6) is 0 Å². The average molecular weight is 251 g/mol. The van der Waals surface area contributed by atoms with E-state index >= 15 is 0 Å². The van der Waals surface area contributed by atoms with Crippen LogP contribution in [-0.4, -0.2) is 41.5 Å². The van der Waals surface area contributed by atoms with Crippen LogP contribution in [0, 0.1) is 0 Å². The number of hydrogen-bond acceptors (Lipinski definition) is 3. The summed E-state index contributed by atoms with van der Waals surface area (Å²) in [5, 5.41) is 2.87. The number of hydrogen-bond donors (Lipinski definition) is 2. The number of nitrogens with zero attached hydrogens (tertiary/aromatic N) is 1. The van der Waals surface area contributed by atoms with Gasteiger partial charge in [-0.3, -0.25) is 9.59 Å². The molecule has 0 bridgehead atoms. The predicted octanol–water partition coefficient (Wildman–Crippen LogP) is 0.835. The molecule has 5 heteroatoms. The summed E-state index contributed by atoms with van der Waals surface area (Å²) in [4.78, 5) is 27.7. The van der Waals surface area contributed by atoms with E-state index in [0.717, 1.165) is 19.6 Å². The van der Waals surface area contributed by atoms with Crippen molar-refractivity contribution in [2.75, 3.05) is 19.6 Å². The van der Waals surface area contributed by atoms with E-state index in [4.69, 9.17) is 0 Å². The van der Waals surface area contributed by atoms with Gasteiger partial charge in [-0.1, -0.05) is 19.9 Å². The van der Waals surface area contributed by atoms with Gasteiger partial charge in [0.2, 0.25) is 5.56 Å². The summed E-state index contributed by atoms with van der Waals surface area (Å²) < 4.78 is 0. The molecule has 100 valence electrons. The first-order valence-corrected chi connectivity index (χ1v) is 6.29. The van der Waals surface area contributed by atoms with Crippen LogP contribution in [0.3, 0.4) is 0 Å². The number of nitrogens with one attached hydrogen (secondary N) is 2. The Labute approximate surface area is 107 Å². The molecule has 18 heavy (non-hydrogen) atoms. The second-order valence-corrected chi connectivity index (χ2v) is 4.29. The Bertz CT molecular complexity index is 438. The van der Waals surface area contributed by atoms with E-state index in [1.165, 1.54) is 6.07 Å². The maximum atomic E-state index is 11.9. The van der Waals surface area contributed by atoms with Crippen LogP contribution in [0.15, 0.2) is 23.0 Å². The van der Waals surface area contributed by atoms with Gasteiger partial charge in [0.05, 0.1) is 0 Å². The fraction of sp³-hybridized carbons (Fsp3) is 0.538. The van der Waals surface area contributed by atoms with Crippen molar-refractivity contribution < 1.29 is 4.79 Å². The molecule has 5 nitrogen and oxygen atoms in total. The van der Waals surface area contributed by atoms with Gasteiger partial charge in [0, 0.05) is 18.7 Å². The van der Waals surface area contributed by atoms with Crippen molar-refractivity contribution in [2.24, 2.45) is 0 Å². The molecule has 1 amide bonds. The molecule has 1 aromatic heterocycles. The van der Waals surface area contributed by atoms with Crippen LogP contribution in [-0.2, 0) is 0 Å². The van der Waals surface area contributed by atoms with Gasteiger partial charge in [-0.25, -0.2) is 0 Å². The minimum absolute atomic E-state index is 0.0427. The van der Waals surface area contributed by atoms with Gasteiger partial charge >= 0.3 is 0 Å². The summed E-state index contributed by atoms with van der Waals surface area (Å²) in [6, 6.07) is 4.60. The third-order valence-electron chi connectivity index (χ3n) is 2.82. The summed E-state index contributed by atoms with van der Waals surface area (Å²) >= 11 is 0. The van der Waals surface area contributed by atoms with Crippen LogP contribution in [0.4, 0.5) is 0 Å². The van der Waals surface area contributed by atoms with Gasteiger partial charge in [0.1, 0.15) is 5.69 Å². The number of aromatic amines is 1. The first kappa shape index (κ1) is 14.4. The zero-order valence-electron chi connectivity index (χ0n) is 11.2. The van der Waals surface area contributed by atoms with Gasteiger partial charge in [-0.2, -0.15) is 0 Å². The van der Waals surface area contributed by atoms with Gasteiger partial charge in [-0.15, -0.1) is 0 Å². The summed E-state index contributed by atoms with van der Waals surface area (Å²) in [6.07, 6.45) is 0. The minimum atomic E-state index is -0.265. The molecular weight excluding hydrogens is 230 g/mol. The van der Waals surface area contributed by atoms with Crippen molar-refractivity contribution in [3.8, 4) is 0 Å². The first-order valence-electron chi connectivity index (χ1n) is 6.29. The van der Waals surface area contributed by atoms with E-state index in [2.05, 4.69) is 29.0 Å². The second kappa shape index (κ2) is 6.96. The lowest BCUT2D eigenvalue weighted by atomic mass is 10.2. The molecule has 0 aliphatic rings. The molecule has 1 heterocycles. The predicted molar refractivity (Wildman–Crippen MR) is 71.8 cm³/mol. The van der Waals surface area contributed by atoms with Crippen LogP contribution in [0.2, 0.25) is 0 Å². The van der Waals surface area contributed by atoms with E-state index < -0.39 is 0 Å². The minimum Gasteiger partial charge on any atom is -0.347 e. The number of pyridine rings is 1. The second-order valence-electron chi connectivity index (χ2n) is 4.29. The molecule has 1 rings (SSSR count). The quantitative estimate of drug-likeness (QED) is 0.787. The number of aromatic nitrogens is 1. The zero-order valence-corrected chi connectivity index (χ0v) is 11.2. The maximum absolute atomic E-state index is 11.9. The van der Waals surface area contributed by atoms with Gasteiger partial charge in [0.15, 0.2) is 0 Å². The molecule has 1 unspecified atom stereocenters. The Balaban J connectivity index is 2.57. The van der Waals surface area contributed by atoms with E-state index in [9.17, 15) is 9.59 Å². The van der Waals surface area contributed by atoms with Gasteiger partial charge in [0.25, 0.3) is 5.91 Å². The normalized spacial score (nSPS) is 12.4. The lowest BCUT2D eigenvalue weighted by Crippen LogP contribution is -2.42. The monoisotopic (exact) mass is 251 g/mol. The highest BCUT2D eigenvalue weighted by Crippen LogP contribution is 1.95.